The Bertz CT molecular complexity index is 536. The summed E-state index contributed by atoms with van der Waals surface area (Å²) in [5.74, 6) is 0. The average molecular weight is 282 g/mol. The van der Waals surface area contributed by atoms with Crippen molar-refractivity contribution in [1.29, 1.82) is 0 Å². The normalized spacial score (nSPS) is 10.4. The van der Waals surface area contributed by atoms with Crippen LogP contribution in [-0.4, -0.2) is 14.1 Å². The van der Waals surface area contributed by atoms with Crippen LogP contribution in [0.25, 0.3) is 0 Å². The zero-order chi connectivity index (χ0) is 13.1. The molecule has 0 N–H and O–H groups in total. The summed E-state index contributed by atoms with van der Waals surface area (Å²) in [7, 11) is 4.05. The van der Waals surface area contributed by atoms with Crippen LogP contribution in [0.5, 0.6) is 0 Å². The molecule has 0 spiro atoms. The van der Waals surface area contributed by atoms with E-state index in [9.17, 15) is 0 Å². The van der Waals surface area contributed by atoms with Crippen molar-refractivity contribution in [3.63, 3.8) is 0 Å². The van der Waals surface area contributed by atoms with Crippen LogP contribution in [0, 0.1) is 0 Å². The number of anilines is 1. The number of pyridine rings is 1. The second kappa shape index (κ2) is 5.59. The Balaban J connectivity index is 2.15. The van der Waals surface area contributed by atoms with E-state index in [4.69, 9.17) is 23.2 Å². The molecule has 0 aliphatic heterocycles. The van der Waals surface area contributed by atoms with Crippen LogP contribution in [0.3, 0.4) is 0 Å². The molecular weight excluding hydrogens is 267 g/mol. The van der Waals surface area contributed by atoms with Crippen LogP contribution in [0.4, 0.5) is 5.69 Å². The molecule has 0 atom stereocenters. The van der Waals surface area contributed by atoms with E-state index < -0.39 is 0 Å². The Hall–Kier alpha value is -1.25. The Morgan fingerprint density at radius 2 is 1.67 bits per heavy atom. The summed E-state index contributed by atoms with van der Waals surface area (Å²) >= 11 is 11.9. The molecule has 0 amide bonds. The van der Waals surface area contributed by atoms with Crippen molar-refractivity contribution in [2.75, 3.05) is 19.0 Å². The lowest BCUT2D eigenvalue weighted by Crippen LogP contribution is -2.33. The fourth-order valence-electron chi connectivity index (χ4n) is 1.70. The maximum atomic E-state index is 6.00. The first kappa shape index (κ1) is 13.2. The number of rotatable bonds is 3. The van der Waals surface area contributed by atoms with Gasteiger partial charge in [-0.3, -0.25) is 0 Å². The Morgan fingerprint density at radius 1 is 1.00 bits per heavy atom. The van der Waals surface area contributed by atoms with Gasteiger partial charge >= 0.3 is 0 Å². The number of halogens is 2. The molecule has 2 nitrogen and oxygen atoms in total. The van der Waals surface area contributed by atoms with Crippen LogP contribution >= 0.6 is 23.2 Å². The van der Waals surface area contributed by atoms with Gasteiger partial charge in [-0.25, -0.2) is 4.57 Å². The molecule has 0 unspecified atom stereocenters. The molecule has 4 heteroatoms. The van der Waals surface area contributed by atoms with Crippen LogP contribution in [-0.2, 0) is 6.54 Å². The van der Waals surface area contributed by atoms with Gasteiger partial charge in [0.25, 0.3) is 0 Å². The van der Waals surface area contributed by atoms with E-state index in [1.165, 1.54) is 5.69 Å². The zero-order valence-electron chi connectivity index (χ0n) is 10.4. The quantitative estimate of drug-likeness (QED) is 0.783. The lowest BCUT2D eigenvalue weighted by atomic mass is 10.2. The molecule has 0 aliphatic rings. The maximum absolute atomic E-state index is 6.00. The Morgan fingerprint density at radius 3 is 2.22 bits per heavy atom. The largest absolute Gasteiger partial charge is 0.377 e. The maximum Gasteiger partial charge on any atom is 0.173 e. The highest BCUT2D eigenvalue weighted by atomic mass is 35.5. The number of hydrogen-bond acceptors (Lipinski definition) is 1. The van der Waals surface area contributed by atoms with Gasteiger partial charge in [-0.05, 0) is 12.1 Å². The lowest BCUT2D eigenvalue weighted by molar-refractivity contribution is -0.688. The molecule has 0 saturated carbocycles. The lowest BCUT2D eigenvalue weighted by Gasteiger charge is -2.10. The minimum atomic E-state index is 0.591. The molecule has 1 heterocycles. The number of aromatic nitrogens is 1. The first-order valence-corrected chi connectivity index (χ1v) is 6.42. The molecule has 0 bridgehead atoms. The van der Waals surface area contributed by atoms with E-state index in [2.05, 4.69) is 34.0 Å². The molecule has 2 aromatic rings. The minimum absolute atomic E-state index is 0.591. The first-order chi connectivity index (χ1) is 8.56. The van der Waals surface area contributed by atoms with Crippen molar-refractivity contribution in [3.05, 3.63) is 58.3 Å². The molecule has 94 valence electrons. The smallest absolute Gasteiger partial charge is 0.173 e. The van der Waals surface area contributed by atoms with Crippen molar-refractivity contribution >= 4 is 28.9 Å². The van der Waals surface area contributed by atoms with Crippen molar-refractivity contribution in [1.82, 2.24) is 0 Å². The van der Waals surface area contributed by atoms with E-state index in [1.54, 1.807) is 0 Å². The van der Waals surface area contributed by atoms with Crippen molar-refractivity contribution in [2.45, 2.75) is 6.54 Å². The molecule has 0 fully saturated rings. The second-order valence-electron chi connectivity index (χ2n) is 4.37. The van der Waals surface area contributed by atoms with Crippen molar-refractivity contribution in [3.8, 4) is 0 Å². The van der Waals surface area contributed by atoms with Gasteiger partial charge in [-0.15, -0.1) is 0 Å². The third-order valence-electron chi connectivity index (χ3n) is 2.74. The topological polar surface area (TPSA) is 7.12 Å². The van der Waals surface area contributed by atoms with Gasteiger partial charge in [-0.2, -0.15) is 0 Å². The minimum Gasteiger partial charge on any atom is -0.377 e. The second-order valence-corrected chi connectivity index (χ2v) is 5.19. The van der Waals surface area contributed by atoms with Crippen molar-refractivity contribution in [2.24, 2.45) is 0 Å². The van der Waals surface area contributed by atoms with E-state index >= 15 is 0 Å². The third-order valence-corrected chi connectivity index (χ3v) is 3.48. The molecule has 0 saturated heterocycles. The number of hydrogen-bond donors (Lipinski definition) is 0. The molecule has 1 aromatic carbocycles. The predicted octanol–water partition coefficient (Wildman–Crippen LogP) is 3.40. The fraction of sp³-hybridized carbons (Fsp3) is 0.214. The highest BCUT2D eigenvalue weighted by Crippen LogP contribution is 2.22. The molecule has 18 heavy (non-hydrogen) atoms. The van der Waals surface area contributed by atoms with E-state index in [0.717, 1.165) is 12.1 Å². The van der Waals surface area contributed by atoms with Gasteiger partial charge in [0.1, 0.15) is 0 Å². The Kier molecular flexibility index (Phi) is 4.10. The summed E-state index contributed by atoms with van der Waals surface area (Å²) in [6.45, 7) is 0.782. The summed E-state index contributed by atoms with van der Waals surface area (Å²) in [5, 5.41) is 1.19. The summed E-state index contributed by atoms with van der Waals surface area (Å²) in [5.41, 5.74) is 2.31. The molecule has 2 rings (SSSR count). The monoisotopic (exact) mass is 281 g/mol. The van der Waals surface area contributed by atoms with Gasteiger partial charge in [0.05, 0.1) is 10.0 Å². The van der Waals surface area contributed by atoms with Gasteiger partial charge < -0.3 is 4.90 Å². The predicted molar refractivity (Wildman–Crippen MR) is 76.5 cm³/mol. The number of nitrogens with zero attached hydrogens (tertiary/aromatic N) is 2. The summed E-state index contributed by atoms with van der Waals surface area (Å²) in [6.07, 6.45) is 4.11. The third kappa shape index (κ3) is 3.15. The van der Waals surface area contributed by atoms with Gasteiger partial charge in [0.15, 0.2) is 18.9 Å². The molecular formula is C14H15Cl2N2+. The zero-order valence-corrected chi connectivity index (χ0v) is 11.9. The average Bonchev–Trinajstić information content (AvgIpc) is 2.34. The van der Waals surface area contributed by atoms with Crippen LogP contribution in [0.2, 0.25) is 10.0 Å². The highest BCUT2D eigenvalue weighted by molar-refractivity contribution is 6.42. The fourth-order valence-corrected chi connectivity index (χ4v) is 2.02. The van der Waals surface area contributed by atoms with Crippen LogP contribution in [0.1, 0.15) is 5.56 Å². The van der Waals surface area contributed by atoms with E-state index in [0.29, 0.717) is 10.0 Å². The molecule has 0 aliphatic carbocycles. The highest BCUT2D eigenvalue weighted by Gasteiger charge is 2.06. The Labute approximate surface area is 117 Å². The summed E-state index contributed by atoms with van der Waals surface area (Å²) < 4.78 is 2.10. The first-order valence-electron chi connectivity index (χ1n) is 5.66. The number of benzene rings is 1. The van der Waals surface area contributed by atoms with E-state index in [-0.39, 0.29) is 0 Å². The standard InChI is InChI=1S/C14H15Cl2N2/c1-17(2)12-5-7-18(8-6-12)10-11-3-4-13(15)14(16)9-11/h3-9H,10H2,1-2H3/q+1. The summed E-state index contributed by atoms with van der Waals surface area (Å²) in [6, 6.07) is 9.88. The van der Waals surface area contributed by atoms with Gasteiger partial charge in [0, 0.05) is 37.5 Å². The molecule has 0 radical (unpaired) electrons. The van der Waals surface area contributed by atoms with E-state index in [1.807, 2.05) is 32.3 Å². The van der Waals surface area contributed by atoms with Crippen LogP contribution in [0.15, 0.2) is 42.7 Å². The van der Waals surface area contributed by atoms with Crippen molar-refractivity contribution < 1.29 is 4.57 Å². The summed E-state index contributed by atoms with van der Waals surface area (Å²) in [4.78, 5) is 2.07. The van der Waals surface area contributed by atoms with Crippen LogP contribution < -0.4 is 9.47 Å². The van der Waals surface area contributed by atoms with Gasteiger partial charge in [0.2, 0.25) is 0 Å². The molecule has 1 aromatic heterocycles. The SMILES string of the molecule is CN(C)c1cc[n+](Cc2ccc(Cl)c(Cl)c2)cc1. The van der Waals surface area contributed by atoms with Gasteiger partial charge in [-0.1, -0.05) is 29.3 Å².